The molecule has 0 saturated heterocycles. The van der Waals surface area contributed by atoms with Crippen LogP contribution < -0.4 is 10.6 Å². The molecule has 0 fully saturated rings. The summed E-state index contributed by atoms with van der Waals surface area (Å²) in [5.41, 5.74) is 3.91. The molecular formula is C22H20N6. The van der Waals surface area contributed by atoms with E-state index in [1.807, 2.05) is 72.9 Å². The minimum absolute atomic E-state index is 0.564. The molecule has 0 atom stereocenters. The Kier molecular flexibility index (Phi) is 5.49. The average molecular weight is 368 g/mol. The van der Waals surface area contributed by atoms with Crippen molar-refractivity contribution < 1.29 is 0 Å². The van der Waals surface area contributed by atoms with E-state index in [2.05, 4.69) is 30.6 Å². The van der Waals surface area contributed by atoms with Crippen molar-refractivity contribution in [3.8, 4) is 11.3 Å². The van der Waals surface area contributed by atoms with Crippen LogP contribution in [0.4, 0.5) is 11.8 Å². The van der Waals surface area contributed by atoms with Gasteiger partial charge in [0.1, 0.15) is 5.82 Å². The Morgan fingerprint density at radius 1 is 0.750 bits per heavy atom. The third-order valence-electron chi connectivity index (χ3n) is 4.15. The predicted octanol–water partition coefficient (Wildman–Crippen LogP) is 4.16. The number of rotatable bonds is 7. The van der Waals surface area contributed by atoms with E-state index >= 15 is 0 Å². The quantitative estimate of drug-likeness (QED) is 0.510. The van der Waals surface area contributed by atoms with Crippen molar-refractivity contribution in [3.05, 3.63) is 96.6 Å². The van der Waals surface area contributed by atoms with E-state index in [-0.39, 0.29) is 0 Å². The van der Waals surface area contributed by atoms with E-state index in [4.69, 9.17) is 0 Å². The maximum atomic E-state index is 4.68. The van der Waals surface area contributed by atoms with Crippen LogP contribution in [0.25, 0.3) is 11.3 Å². The molecule has 0 saturated carbocycles. The van der Waals surface area contributed by atoms with Crippen LogP contribution in [-0.2, 0) is 13.1 Å². The number of hydrogen-bond acceptors (Lipinski definition) is 6. The monoisotopic (exact) mass is 368 g/mol. The van der Waals surface area contributed by atoms with Crippen molar-refractivity contribution >= 4 is 11.8 Å². The molecule has 0 aliphatic heterocycles. The minimum atomic E-state index is 0.564. The molecule has 0 aliphatic rings. The fourth-order valence-corrected chi connectivity index (χ4v) is 2.74. The maximum absolute atomic E-state index is 4.68. The van der Waals surface area contributed by atoms with Crippen LogP contribution in [0.3, 0.4) is 0 Å². The van der Waals surface area contributed by atoms with Gasteiger partial charge in [-0.3, -0.25) is 9.97 Å². The number of anilines is 2. The lowest BCUT2D eigenvalue weighted by Gasteiger charge is -2.11. The lowest BCUT2D eigenvalue weighted by Crippen LogP contribution is -2.08. The predicted molar refractivity (Wildman–Crippen MR) is 111 cm³/mol. The number of pyridine rings is 2. The second-order valence-corrected chi connectivity index (χ2v) is 6.22. The van der Waals surface area contributed by atoms with Gasteiger partial charge in [0.05, 0.1) is 17.9 Å². The van der Waals surface area contributed by atoms with Gasteiger partial charge in [-0.25, -0.2) is 4.98 Å². The summed E-state index contributed by atoms with van der Waals surface area (Å²) < 4.78 is 0. The summed E-state index contributed by atoms with van der Waals surface area (Å²) in [5.74, 6) is 1.31. The molecule has 6 nitrogen and oxygen atoms in total. The standard InChI is InChI=1S/C22H20N6/c1-2-8-18(9-3-1)20-13-21(25-16-19-10-4-5-12-24-19)28-22(27-20)26-15-17-7-6-11-23-14-17/h1-14H,15-16H2,(H2,25,26,27,28). The molecule has 3 aromatic heterocycles. The Morgan fingerprint density at radius 3 is 2.43 bits per heavy atom. The fraction of sp³-hybridized carbons (Fsp3) is 0.0909. The number of nitrogens with one attached hydrogen (secondary N) is 2. The molecule has 3 heterocycles. The topological polar surface area (TPSA) is 75.6 Å². The highest BCUT2D eigenvalue weighted by atomic mass is 15.1. The Morgan fingerprint density at radius 2 is 1.64 bits per heavy atom. The molecule has 0 bridgehead atoms. The Bertz CT molecular complexity index is 945. The number of aromatic nitrogens is 4. The largest absolute Gasteiger partial charge is 0.364 e. The number of nitrogens with zero attached hydrogens (tertiary/aromatic N) is 4. The van der Waals surface area contributed by atoms with Gasteiger partial charge in [-0.15, -0.1) is 0 Å². The molecule has 0 aliphatic carbocycles. The molecule has 4 rings (SSSR count). The van der Waals surface area contributed by atoms with Gasteiger partial charge in [0.2, 0.25) is 5.95 Å². The van der Waals surface area contributed by atoms with Crippen molar-refractivity contribution in [1.29, 1.82) is 0 Å². The molecule has 4 aromatic rings. The van der Waals surface area contributed by atoms with Gasteiger partial charge >= 0.3 is 0 Å². The second kappa shape index (κ2) is 8.73. The van der Waals surface area contributed by atoms with Crippen molar-refractivity contribution in [2.75, 3.05) is 10.6 Å². The molecule has 0 radical (unpaired) electrons. The van der Waals surface area contributed by atoms with Crippen LogP contribution in [-0.4, -0.2) is 19.9 Å². The van der Waals surface area contributed by atoms with Crippen LogP contribution in [0.2, 0.25) is 0 Å². The third kappa shape index (κ3) is 4.67. The highest BCUT2D eigenvalue weighted by Gasteiger charge is 2.07. The van der Waals surface area contributed by atoms with E-state index in [9.17, 15) is 0 Å². The summed E-state index contributed by atoms with van der Waals surface area (Å²) in [6, 6.07) is 21.8. The molecule has 0 unspecified atom stereocenters. The SMILES string of the molecule is c1ccc(-c2cc(NCc3ccccn3)nc(NCc3cccnc3)n2)cc1. The van der Waals surface area contributed by atoms with Crippen LogP contribution in [0.5, 0.6) is 0 Å². The highest BCUT2D eigenvalue weighted by molar-refractivity contribution is 5.64. The summed E-state index contributed by atoms with van der Waals surface area (Å²) in [5, 5.41) is 6.64. The van der Waals surface area contributed by atoms with Crippen LogP contribution in [0, 0.1) is 0 Å². The Labute approximate surface area is 163 Å². The molecule has 0 spiro atoms. The molecule has 0 amide bonds. The lowest BCUT2D eigenvalue weighted by molar-refractivity contribution is 1.00. The van der Waals surface area contributed by atoms with E-state index in [0.29, 0.717) is 19.0 Å². The normalized spacial score (nSPS) is 10.4. The summed E-state index contributed by atoms with van der Waals surface area (Å²) in [6.07, 6.45) is 5.37. The van der Waals surface area contributed by atoms with Crippen molar-refractivity contribution in [1.82, 2.24) is 19.9 Å². The first-order valence-electron chi connectivity index (χ1n) is 9.08. The molecule has 1 aromatic carbocycles. The van der Waals surface area contributed by atoms with Crippen molar-refractivity contribution in [2.24, 2.45) is 0 Å². The first kappa shape index (κ1) is 17.6. The average Bonchev–Trinajstić information content (AvgIpc) is 2.78. The summed E-state index contributed by atoms with van der Waals surface area (Å²) in [4.78, 5) is 17.8. The molecule has 28 heavy (non-hydrogen) atoms. The maximum Gasteiger partial charge on any atom is 0.225 e. The van der Waals surface area contributed by atoms with E-state index in [1.54, 1.807) is 12.4 Å². The number of hydrogen-bond donors (Lipinski definition) is 2. The summed E-state index contributed by atoms with van der Waals surface area (Å²) in [6.45, 7) is 1.19. The van der Waals surface area contributed by atoms with Gasteiger partial charge in [-0.05, 0) is 23.8 Å². The minimum Gasteiger partial charge on any atom is -0.364 e. The Balaban J connectivity index is 1.57. The van der Waals surface area contributed by atoms with Crippen LogP contribution in [0.1, 0.15) is 11.3 Å². The fourth-order valence-electron chi connectivity index (χ4n) is 2.74. The van der Waals surface area contributed by atoms with Gasteiger partial charge in [-0.1, -0.05) is 42.5 Å². The van der Waals surface area contributed by atoms with Gasteiger partial charge in [-0.2, -0.15) is 4.98 Å². The van der Waals surface area contributed by atoms with Gasteiger partial charge < -0.3 is 10.6 Å². The smallest absolute Gasteiger partial charge is 0.225 e. The summed E-state index contributed by atoms with van der Waals surface area (Å²) >= 11 is 0. The second-order valence-electron chi connectivity index (χ2n) is 6.22. The molecule has 2 N–H and O–H groups in total. The zero-order chi connectivity index (χ0) is 19.0. The van der Waals surface area contributed by atoms with Crippen LogP contribution in [0.15, 0.2) is 85.3 Å². The molecule has 138 valence electrons. The first-order valence-corrected chi connectivity index (χ1v) is 9.08. The van der Waals surface area contributed by atoms with Gasteiger partial charge in [0.15, 0.2) is 0 Å². The van der Waals surface area contributed by atoms with E-state index in [1.165, 1.54) is 0 Å². The Hall–Kier alpha value is -3.80. The first-order chi connectivity index (χ1) is 13.9. The third-order valence-corrected chi connectivity index (χ3v) is 4.15. The molecule has 6 heteroatoms. The van der Waals surface area contributed by atoms with Gasteiger partial charge in [0, 0.05) is 36.8 Å². The van der Waals surface area contributed by atoms with E-state index in [0.717, 1.165) is 28.3 Å². The lowest BCUT2D eigenvalue weighted by atomic mass is 10.1. The van der Waals surface area contributed by atoms with Gasteiger partial charge in [0.25, 0.3) is 0 Å². The zero-order valence-electron chi connectivity index (χ0n) is 15.3. The van der Waals surface area contributed by atoms with E-state index < -0.39 is 0 Å². The van der Waals surface area contributed by atoms with Crippen molar-refractivity contribution in [3.63, 3.8) is 0 Å². The highest BCUT2D eigenvalue weighted by Crippen LogP contribution is 2.22. The number of benzene rings is 1. The van der Waals surface area contributed by atoms with Crippen molar-refractivity contribution in [2.45, 2.75) is 13.1 Å². The summed E-state index contributed by atoms with van der Waals surface area (Å²) in [7, 11) is 0. The van der Waals surface area contributed by atoms with Crippen LogP contribution >= 0.6 is 0 Å². The molecular weight excluding hydrogens is 348 g/mol. The zero-order valence-corrected chi connectivity index (χ0v) is 15.3.